The van der Waals surface area contributed by atoms with Crippen LogP contribution < -0.4 is 5.32 Å². The van der Waals surface area contributed by atoms with Gasteiger partial charge in [-0.15, -0.1) is 0 Å². The van der Waals surface area contributed by atoms with Crippen molar-refractivity contribution in [2.45, 2.75) is 18.6 Å². The Morgan fingerprint density at radius 2 is 1.68 bits per heavy atom. The van der Waals surface area contributed by atoms with Gasteiger partial charge in [-0.2, -0.15) is 0 Å². The minimum absolute atomic E-state index is 0.0809. The van der Waals surface area contributed by atoms with Crippen LogP contribution in [0.2, 0.25) is 0 Å². The molecule has 0 bridgehead atoms. The third-order valence-electron chi connectivity index (χ3n) is 5.58. The molecule has 0 spiro atoms. The topological polar surface area (TPSA) is 33.1 Å². The van der Waals surface area contributed by atoms with Gasteiger partial charge in [-0.05, 0) is 66.3 Å². The fourth-order valence-corrected chi connectivity index (χ4v) is 4.45. The highest BCUT2D eigenvalue weighted by Gasteiger charge is 2.41. The Morgan fingerprint density at radius 3 is 2.42 bits per heavy atom. The molecule has 2 aromatic heterocycles. The van der Waals surface area contributed by atoms with E-state index in [1.165, 1.54) is 17.7 Å². The molecular formula is C25H21FN4S. The second-order valence-corrected chi connectivity index (χ2v) is 7.91. The van der Waals surface area contributed by atoms with E-state index in [1.807, 2.05) is 48.7 Å². The van der Waals surface area contributed by atoms with E-state index in [2.05, 4.69) is 38.0 Å². The molecule has 4 nitrogen and oxygen atoms in total. The molecule has 0 unspecified atom stereocenters. The van der Waals surface area contributed by atoms with Crippen LogP contribution in [0.15, 0.2) is 97.3 Å². The zero-order valence-corrected chi connectivity index (χ0v) is 17.5. The van der Waals surface area contributed by atoms with Crippen molar-refractivity contribution < 1.29 is 4.39 Å². The average Bonchev–Trinajstić information content (AvgIpc) is 3.40. The van der Waals surface area contributed by atoms with Crippen LogP contribution in [-0.2, 0) is 6.54 Å². The number of benzene rings is 2. The molecule has 31 heavy (non-hydrogen) atoms. The summed E-state index contributed by atoms with van der Waals surface area (Å²) in [6.07, 6.45) is 3.80. The summed E-state index contributed by atoms with van der Waals surface area (Å²) in [6.45, 7) is 0.676. The summed E-state index contributed by atoms with van der Waals surface area (Å²) in [6, 6.07) is 26.7. The van der Waals surface area contributed by atoms with Crippen molar-refractivity contribution >= 4 is 17.3 Å². The zero-order valence-electron chi connectivity index (χ0n) is 16.7. The smallest absolute Gasteiger partial charge is 0.170 e. The largest absolute Gasteiger partial charge is 0.352 e. The van der Waals surface area contributed by atoms with Gasteiger partial charge in [0.15, 0.2) is 5.11 Å². The summed E-state index contributed by atoms with van der Waals surface area (Å²) in [7, 11) is 0. The van der Waals surface area contributed by atoms with Crippen molar-refractivity contribution in [2.24, 2.45) is 0 Å². The molecule has 154 valence electrons. The predicted octanol–water partition coefficient (Wildman–Crippen LogP) is 5.18. The Morgan fingerprint density at radius 1 is 0.903 bits per heavy atom. The van der Waals surface area contributed by atoms with Gasteiger partial charge < -0.3 is 14.8 Å². The van der Waals surface area contributed by atoms with Crippen LogP contribution in [0, 0.1) is 5.82 Å². The third-order valence-corrected chi connectivity index (χ3v) is 5.93. The van der Waals surface area contributed by atoms with Gasteiger partial charge in [0, 0.05) is 30.3 Å². The van der Waals surface area contributed by atoms with Crippen molar-refractivity contribution in [3.05, 3.63) is 120 Å². The lowest BCUT2D eigenvalue weighted by atomic mass is 10.0. The maximum absolute atomic E-state index is 13.5. The van der Waals surface area contributed by atoms with Crippen LogP contribution in [0.25, 0.3) is 5.69 Å². The lowest BCUT2D eigenvalue weighted by Gasteiger charge is -2.29. The summed E-state index contributed by atoms with van der Waals surface area (Å²) in [4.78, 5) is 6.81. The molecule has 1 N–H and O–H groups in total. The molecule has 0 amide bonds. The van der Waals surface area contributed by atoms with Gasteiger partial charge >= 0.3 is 0 Å². The Hall–Kier alpha value is -3.51. The van der Waals surface area contributed by atoms with Crippen LogP contribution in [0.5, 0.6) is 0 Å². The summed E-state index contributed by atoms with van der Waals surface area (Å²) in [5, 5.41) is 4.18. The monoisotopic (exact) mass is 428 g/mol. The first-order valence-corrected chi connectivity index (χ1v) is 10.6. The molecule has 2 aromatic carbocycles. The normalized spacial score (nSPS) is 18.2. The van der Waals surface area contributed by atoms with Crippen molar-refractivity contribution in [1.29, 1.82) is 0 Å². The third kappa shape index (κ3) is 3.82. The summed E-state index contributed by atoms with van der Waals surface area (Å²) < 4.78 is 15.6. The fraction of sp³-hybridized carbons (Fsp3) is 0.120. The first-order chi connectivity index (χ1) is 15.2. The summed E-state index contributed by atoms with van der Waals surface area (Å²) >= 11 is 5.77. The van der Waals surface area contributed by atoms with Gasteiger partial charge in [0.05, 0.1) is 17.8 Å². The molecule has 1 aliphatic heterocycles. The molecular weight excluding hydrogens is 407 g/mol. The lowest BCUT2D eigenvalue weighted by molar-refractivity contribution is 0.302. The van der Waals surface area contributed by atoms with Crippen LogP contribution in [0.4, 0.5) is 4.39 Å². The number of nitrogens with zero attached hydrogens (tertiary/aromatic N) is 3. The Kier molecular flexibility index (Phi) is 5.22. The number of halogens is 1. The second-order valence-electron chi connectivity index (χ2n) is 7.52. The number of thiocarbonyl (C=S) groups is 1. The SMILES string of the molecule is Fc1ccc(-n2cccc2[C@@H]2[C@H](c3ccccn3)NC(=S)N2Cc2ccccc2)cc1. The van der Waals surface area contributed by atoms with Crippen molar-refractivity contribution in [1.82, 2.24) is 19.8 Å². The molecule has 3 heterocycles. The van der Waals surface area contributed by atoms with Gasteiger partial charge in [-0.1, -0.05) is 36.4 Å². The maximum Gasteiger partial charge on any atom is 0.170 e. The first kappa shape index (κ1) is 19.5. The van der Waals surface area contributed by atoms with E-state index in [9.17, 15) is 4.39 Å². The molecule has 5 rings (SSSR count). The van der Waals surface area contributed by atoms with Gasteiger partial charge in [-0.3, -0.25) is 4.98 Å². The van der Waals surface area contributed by atoms with E-state index >= 15 is 0 Å². The van der Waals surface area contributed by atoms with E-state index in [0.29, 0.717) is 11.7 Å². The zero-order chi connectivity index (χ0) is 21.2. The second kappa shape index (κ2) is 8.32. The van der Waals surface area contributed by atoms with Crippen LogP contribution in [0.1, 0.15) is 29.0 Å². The Bertz CT molecular complexity index is 1180. The fourth-order valence-electron chi connectivity index (χ4n) is 4.15. The van der Waals surface area contributed by atoms with Gasteiger partial charge in [0.1, 0.15) is 5.82 Å². The maximum atomic E-state index is 13.5. The molecule has 2 atom stereocenters. The quantitative estimate of drug-likeness (QED) is 0.444. The lowest BCUT2D eigenvalue weighted by Crippen LogP contribution is -2.30. The van der Waals surface area contributed by atoms with Gasteiger partial charge in [0.25, 0.3) is 0 Å². The number of pyridine rings is 1. The molecule has 1 saturated heterocycles. The molecule has 0 radical (unpaired) electrons. The first-order valence-electron chi connectivity index (χ1n) is 10.2. The average molecular weight is 429 g/mol. The molecule has 1 aliphatic rings. The van der Waals surface area contributed by atoms with Crippen molar-refractivity contribution in [3.63, 3.8) is 0 Å². The van der Waals surface area contributed by atoms with Crippen molar-refractivity contribution in [2.75, 3.05) is 0 Å². The van der Waals surface area contributed by atoms with Crippen molar-refractivity contribution in [3.8, 4) is 5.69 Å². The molecule has 4 aromatic rings. The number of nitrogens with one attached hydrogen (secondary N) is 1. The molecule has 0 saturated carbocycles. The molecule has 0 aliphatic carbocycles. The predicted molar refractivity (Wildman–Crippen MR) is 123 cm³/mol. The highest BCUT2D eigenvalue weighted by Crippen LogP contribution is 2.40. The minimum Gasteiger partial charge on any atom is -0.352 e. The van der Waals surface area contributed by atoms with Crippen LogP contribution in [0.3, 0.4) is 0 Å². The highest BCUT2D eigenvalue weighted by molar-refractivity contribution is 7.80. The summed E-state index contributed by atoms with van der Waals surface area (Å²) in [5.74, 6) is -0.252. The Balaban J connectivity index is 1.60. The molecule has 6 heteroatoms. The van der Waals surface area contributed by atoms with E-state index in [4.69, 9.17) is 12.2 Å². The number of rotatable bonds is 5. The molecule has 1 fully saturated rings. The standard InChI is InChI=1S/C25H21FN4S/c26-19-11-13-20(14-12-19)29-16-6-10-22(29)24-23(21-9-4-5-15-27-21)28-25(31)30(24)17-18-7-2-1-3-8-18/h1-16,23-24H,17H2,(H,28,31)/t23-,24+/m0/s1. The minimum atomic E-state index is -0.252. The van der Waals surface area contributed by atoms with Crippen LogP contribution in [-0.4, -0.2) is 19.6 Å². The number of hydrogen-bond donors (Lipinski definition) is 1. The van der Waals surface area contributed by atoms with E-state index < -0.39 is 0 Å². The van der Waals surface area contributed by atoms with Crippen LogP contribution >= 0.6 is 12.2 Å². The Labute approximate surface area is 186 Å². The number of aromatic nitrogens is 2. The van der Waals surface area contributed by atoms with Gasteiger partial charge in [0.2, 0.25) is 0 Å². The van der Waals surface area contributed by atoms with Gasteiger partial charge in [-0.25, -0.2) is 4.39 Å². The van der Waals surface area contributed by atoms with E-state index in [1.54, 1.807) is 18.3 Å². The summed E-state index contributed by atoms with van der Waals surface area (Å²) in [5.41, 5.74) is 4.07. The van der Waals surface area contributed by atoms with E-state index in [0.717, 1.165) is 17.1 Å². The number of hydrogen-bond acceptors (Lipinski definition) is 2. The highest BCUT2D eigenvalue weighted by atomic mass is 32.1. The van der Waals surface area contributed by atoms with E-state index in [-0.39, 0.29) is 17.9 Å².